The number of ether oxygens (including phenoxy) is 2. The van der Waals surface area contributed by atoms with Crippen molar-refractivity contribution in [2.45, 2.75) is 0 Å². The van der Waals surface area contributed by atoms with Crippen LogP contribution in [0.1, 0.15) is 9.67 Å². The minimum absolute atomic E-state index is 0.290. The molecule has 0 N–H and O–H groups in total. The first-order chi connectivity index (χ1) is 10.2. The van der Waals surface area contributed by atoms with Crippen LogP contribution in [0.5, 0.6) is 5.75 Å². The Labute approximate surface area is 126 Å². The van der Waals surface area contributed by atoms with Gasteiger partial charge in [0.15, 0.2) is 0 Å². The molecule has 4 heteroatoms. The van der Waals surface area contributed by atoms with Gasteiger partial charge < -0.3 is 9.47 Å². The number of methoxy groups -OCH3 is 2. The summed E-state index contributed by atoms with van der Waals surface area (Å²) in [6.07, 6.45) is 0. The third kappa shape index (κ3) is 2.62. The van der Waals surface area contributed by atoms with Gasteiger partial charge in [-0.2, -0.15) is 0 Å². The van der Waals surface area contributed by atoms with Crippen molar-refractivity contribution in [2.75, 3.05) is 14.2 Å². The molecule has 0 atom stereocenters. The average molecular weight is 298 g/mol. The minimum atomic E-state index is -0.290. The first-order valence-corrected chi connectivity index (χ1v) is 7.29. The smallest absolute Gasteiger partial charge is 0.348 e. The number of carbonyl (C=O) groups excluding carboxylic acids is 1. The lowest BCUT2D eigenvalue weighted by Gasteiger charge is -2.04. The Morgan fingerprint density at radius 2 is 1.67 bits per heavy atom. The maximum absolute atomic E-state index is 11.6. The van der Waals surface area contributed by atoms with Crippen molar-refractivity contribution in [2.24, 2.45) is 0 Å². The van der Waals surface area contributed by atoms with Crippen LogP contribution in [0.3, 0.4) is 0 Å². The Kier molecular flexibility index (Phi) is 3.62. The van der Waals surface area contributed by atoms with E-state index in [0.29, 0.717) is 4.88 Å². The molecule has 1 heterocycles. The summed E-state index contributed by atoms with van der Waals surface area (Å²) >= 11 is 1.45. The number of rotatable bonds is 3. The molecule has 0 fully saturated rings. The summed E-state index contributed by atoms with van der Waals surface area (Å²) in [5, 5.41) is 1.05. The lowest BCUT2D eigenvalue weighted by molar-refractivity contribution is 0.0606. The highest BCUT2D eigenvalue weighted by Crippen LogP contribution is 2.31. The van der Waals surface area contributed by atoms with Gasteiger partial charge in [-0.25, -0.2) is 4.79 Å². The Morgan fingerprint density at radius 1 is 0.952 bits per heavy atom. The van der Waals surface area contributed by atoms with Crippen LogP contribution in [0.4, 0.5) is 0 Å². The summed E-state index contributed by atoms with van der Waals surface area (Å²) in [4.78, 5) is 12.2. The van der Waals surface area contributed by atoms with Crippen LogP contribution in [0.25, 0.3) is 21.2 Å². The third-order valence-electron chi connectivity index (χ3n) is 3.33. The molecule has 0 saturated heterocycles. The Balaban J connectivity index is 2.01. The molecule has 0 amide bonds. The number of benzene rings is 2. The van der Waals surface area contributed by atoms with Crippen molar-refractivity contribution in [1.82, 2.24) is 0 Å². The highest BCUT2D eigenvalue weighted by molar-refractivity contribution is 7.20. The lowest BCUT2D eigenvalue weighted by Crippen LogP contribution is -1.96. The molecule has 3 nitrogen and oxygen atoms in total. The van der Waals surface area contributed by atoms with Crippen molar-refractivity contribution in [3.63, 3.8) is 0 Å². The van der Waals surface area contributed by atoms with E-state index in [9.17, 15) is 4.79 Å². The average Bonchev–Trinajstić information content (AvgIpc) is 2.97. The summed E-state index contributed by atoms with van der Waals surface area (Å²) < 4.78 is 11.0. The third-order valence-corrected chi connectivity index (χ3v) is 4.42. The number of fused-ring (bicyclic) bond motifs is 1. The molecule has 106 valence electrons. The van der Waals surface area contributed by atoms with Crippen LogP contribution >= 0.6 is 11.3 Å². The molecule has 0 radical (unpaired) electrons. The standard InChI is InChI=1S/C17H14O3S/c1-19-14-6-3-11(4-7-14)12-5-8-15-13(9-12)10-16(21-15)17(18)20-2/h3-10H,1-2H3. The van der Waals surface area contributed by atoms with Crippen molar-refractivity contribution in [1.29, 1.82) is 0 Å². The van der Waals surface area contributed by atoms with E-state index in [-0.39, 0.29) is 5.97 Å². The predicted molar refractivity (Wildman–Crippen MR) is 85.2 cm³/mol. The van der Waals surface area contributed by atoms with E-state index in [4.69, 9.17) is 9.47 Å². The highest BCUT2D eigenvalue weighted by Gasteiger charge is 2.10. The van der Waals surface area contributed by atoms with E-state index < -0.39 is 0 Å². The molecule has 0 spiro atoms. The fourth-order valence-electron chi connectivity index (χ4n) is 2.21. The SMILES string of the molecule is COC(=O)c1cc2cc(-c3ccc(OC)cc3)ccc2s1. The Morgan fingerprint density at radius 3 is 2.33 bits per heavy atom. The second-order valence-corrected chi connectivity index (χ2v) is 5.67. The molecule has 0 bridgehead atoms. The predicted octanol–water partition coefficient (Wildman–Crippen LogP) is 4.36. The molecule has 21 heavy (non-hydrogen) atoms. The largest absolute Gasteiger partial charge is 0.497 e. The second kappa shape index (κ2) is 5.58. The fraction of sp³-hybridized carbons (Fsp3) is 0.118. The summed E-state index contributed by atoms with van der Waals surface area (Å²) in [7, 11) is 3.05. The summed E-state index contributed by atoms with van der Waals surface area (Å²) in [5.74, 6) is 0.547. The topological polar surface area (TPSA) is 35.5 Å². The quantitative estimate of drug-likeness (QED) is 0.674. The maximum atomic E-state index is 11.6. The summed E-state index contributed by atoms with van der Waals surface area (Å²) in [6, 6.07) is 16.0. The highest BCUT2D eigenvalue weighted by atomic mass is 32.1. The molecule has 3 aromatic rings. The maximum Gasteiger partial charge on any atom is 0.348 e. The summed E-state index contributed by atoms with van der Waals surface area (Å²) in [6.45, 7) is 0. The molecule has 0 aliphatic carbocycles. The molecule has 3 rings (SSSR count). The monoisotopic (exact) mass is 298 g/mol. The zero-order valence-electron chi connectivity index (χ0n) is 11.8. The molecule has 0 saturated carbocycles. The zero-order valence-corrected chi connectivity index (χ0v) is 12.6. The van der Waals surface area contributed by atoms with Crippen molar-refractivity contribution >= 4 is 27.4 Å². The zero-order chi connectivity index (χ0) is 14.8. The van der Waals surface area contributed by atoms with E-state index in [2.05, 4.69) is 12.1 Å². The molecule has 1 aromatic heterocycles. The first kappa shape index (κ1) is 13.6. The van der Waals surface area contributed by atoms with Crippen molar-refractivity contribution < 1.29 is 14.3 Å². The first-order valence-electron chi connectivity index (χ1n) is 6.47. The van der Waals surface area contributed by atoms with Crippen molar-refractivity contribution in [3.8, 4) is 16.9 Å². The van der Waals surface area contributed by atoms with Gasteiger partial charge in [0.2, 0.25) is 0 Å². The lowest BCUT2D eigenvalue weighted by atomic mass is 10.0. The van der Waals surface area contributed by atoms with Gasteiger partial charge in [-0.3, -0.25) is 0 Å². The molecular weight excluding hydrogens is 284 g/mol. The molecule has 0 unspecified atom stereocenters. The fourth-order valence-corrected chi connectivity index (χ4v) is 3.17. The van der Waals surface area contributed by atoms with Crippen LogP contribution in [-0.2, 0) is 4.74 Å². The number of thiophene rings is 1. The number of carbonyl (C=O) groups is 1. The van der Waals surface area contributed by atoms with Crippen LogP contribution in [0.2, 0.25) is 0 Å². The van der Waals surface area contributed by atoms with E-state index in [1.807, 2.05) is 36.4 Å². The number of hydrogen-bond acceptors (Lipinski definition) is 4. The van der Waals surface area contributed by atoms with Crippen LogP contribution in [-0.4, -0.2) is 20.2 Å². The molecule has 0 aliphatic heterocycles. The Bertz CT molecular complexity index is 787. The van der Waals surface area contributed by atoms with E-state index >= 15 is 0 Å². The van der Waals surface area contributed by atoms with Gasteiger partial charge >= 0.3 is 5.97 Å². The minimum Gasteiger partial charge on any atom is -0.497 e. The molecular formula is C17H14O3S. The van der Waals surface area contributed by atoms with Crippen LogP contribution < -0.4 is 4.74 Å². The van der Waals surface area contributed by atoms with Gasteiger partial charge in [-0.1, -0.05) is 18.2 Å². The number of hydrogen-bond donors (Lipinski definition) is 0. The van der Waals surface area contributed by atoms with Gasteiger partial charge in [-0.05, 0) is 46.8 Å². The summed E-state index contributed by atoms with van der Waals surface area (Å²) in [5.41, 5.74) is 2.22. The molecule has 2 aromatic carbocycles. The van der Waals surface area contributed by atoms with Crippen molar-refractivity contribution in [3.05, 3.63) is 53.4 Å². The normalized spacial score (nSPS) is 10.6. The van der Waals surface area contributed by atoms with Gasteiger partial charge in [0.1, 0.15) is 10.6 Å². The van der Waals surface area contributed by atoms with E-state index in [1.54, 1.807) is 7.11 Å². The van der Waals surface area contributed by atoms with E-state index in [1.165, 1.54) is 18.4 Å². The van der Waals surface area contributed by atoms with E-state index in [0.717, 1.165) is 27.0 Å². The van der Waals surface area contributed by atoms with Crippen LogP contribution in [0.15, 0.2) is 48.5 Å². The van der Waals surface area contributed by atoms with Gasteiger partial charge in [-0.15, -0.1) is 11.3 Å². The van der Waals surface area contributed by atoms with Gasteiger partial charge in [0, 0.05) is 4.70 Å². The van der Waals surface area contributed by atoms with Gasteiger partial charge in [0.05, 0.1) is 14.2 Å². The second-order valence-electron chi connectivity index (χ2n) is 4.58. The van der Waals surface area contributed by atoms with Crippen LogP contribution in [0, 0.1) is 0 Å². The molecule has 0 aliphatic rings. The number of esters is 1. The Hall–Kier alpha value is -2.33. The van der Waals surface area contributed by atoms with Gasteiger partial charge in [0.25, 0.3) is 0 Å².